The molecule has 0 saturated carbocycles. The Bertz CT molecular complexity index is 703. The molecule has 2 aromatic heterocycles. The fourth-order valence-electron chi connectivity index (χ4n) is 1.71. The maximum absolute atomic E-state index is 5.53. The third-order valence-corrected chi connectivity index (χ3v) is 2.55. The molecule has 7 nitrogen and oxygen atoms in total. The van der Waals surface area contributed by atoms with Gasteiger partial charge in [-0.25, -0.2) is 0 Å². The zero-order valence-corrected chi connectivity index (χ0v) is 10.6. The minimum absolute atomic E-state index is 0.258. The molecule has 7 heteroatoms. The standard InChI is InChI=1S/C12H13N5O2/c1-7-3-4-9-8(5-7)14-11(18-9)15-12-17-16-10(19-12)6-13-2/h3-5,13H,6H2,1-2H3,(H,14,15,17). The Morgan fingerprint density at radius 2 is 2.05 bits per heavy atom. The normalized spacial score (nSPS) is 11.1. The molecule has 0 aliphatic carbocycles. The van der Waals surface area contributed by atoms with Gasteiger partial charge < -0.3 is 14.2 Å². The van der Waals surface area contributed by atoms with Crippen molar-refractivity contribution < 1.29 is 8.83 Å². The number of hydrogen-bond acceptors (Lipinski definition) is 7. The smallest absolute Gasteiger partial charge is 0.323 e. The topological polar surface area (TPSA) is 89.0 Å². The van der Waals surface area contributed by atoms with Crippen LogP contribution in [-0.2, 0) is 6.54 Å². The van der Waals surface area contributed by atoms with Gasteiger partial charge in [-0.15, -0.1) is 5.10 Å². The number of fused-ring (bicyclic) bond motifs is 1. The number of aromatic nitrogens is 3. The highest BCUT2D eigenvalue weighted by Crippen LogP contribution is 2.22. The number of nitrogens with zero attached hydrogens (tertiary/aromatic N) is 3. The lowest BCUT2D eigenvalue weighted by Gasteiger charge is -1.92. The molecule has 3 aromatic rings. The Labute approximate surface area is 109 Å². The second-order valence-electron chi connectivity index (χ2n) is 4.15. The van der Waals surface area contributed by atoms with E-state index in [-0.39, 0.29) is 6.01 Å². The third kappa shape index (κ3) is 2.41. The molecule has 0 unspecified atom stereocenters. The average molecular weight is 259 g/mol. The summed E-state index contributed by atoms with van der Waals surface area (Å²) in [7, 11) is 1.81. The highest BCUT2D eigenvalue weighted by molar-refractivity contribution is 5.75. The monoisotopic (exact) mass is 259 g/mol. The Morgan fingerprint density at radius 3 is 2.89 bits per heavy atom. The Morgan fingerprint density at radius 1 is 1.16 bits per heavy atom. The average Bonchev–Trinajstić information content (AvgIpc) is 2.96. The van der Waals surface area contributed by atoms with Crippen LogP contribution in [-0.4, -0.2) is 22.2 Å². The van der Waals surface area contributed by atoms with E-state index in [1.165, 1.54) is 0 Å². The first-order valence-corrected chi connectivity index (χ1v) is 5.86. The number of aryl methyl sites for hydroxylation is 1. The van der Waals surface area contributed by atoms with Crippen LogP contribution in [0.2, 0.25) is 0 Å². The predicted octanol–water partition coefficient (Wildman–Crippen LogP) is 1.98. The van der Waals surface area contributed by atoms with Crippen molar-refractivity contribution in [2.75, 3.05) is 12.4 Å². The molecule has 0 aliphatic heterocycles. The summed E-state index contributed by atoms with van der Waals surface area (Å²) >= 11 is 0. The van der Waals surface area contributed by atoms with Crippen LogP contribution < -0.4 is 10.6 Å². The Kier molecular flexibility index (Phi) is 2.88. The van der Waals surface area contributed by atoms with E-state index in [9.17, 15) is 0 Å². The molecule has 0 atom stereocenters. The predicted molar refractivity (Wildman–Crippen MR) is 69.1 cm³/mol. The molecule has 19 heavy (non-hydrogen) atoms. The molecule has 2 N–H and O–H groups in total. The molecule has 0 saturated heterocycles. The van der Waals surface area contributed by atoms with Crippen LogP contribution in [0.4, 0.5) is 12.0 Å². The second kappa shape index (κ2) is 4.69. The summed E-state index contributed by atoms with van der Waals surface area (Å²) in [6, 6.07) is 6.39. The number of nitrogens with one attached hydrogen (secondary N) is 2. The van der Waals surface area contributed by atoms with Crippen LogP contribution in [0.25, 0.3) is 11.1 Å². The van der Waals surface area contributed by atoms with E-state index in [1.54, 1.807) is 7.05 Å². The maximum Gasteiger partial charge on any atom is 0.323 e. The van der Waals surface area contributed by atoms with Crippen LogP contribution in [0, 0.1) is 6.92 Å². The first-order valence-electron chi connectivity index (χ1n) is 5.86. The summed E-state index contributed by atoms with van der Waals surface area (Å²) in [6.07, 6.45) is 0. The molecule has 0 fully saturated rings. The molecule has 2 heterocycles. The molecule has 0 amide bonds. The van der Waals surface area contributed by atoms with Crippen molar-refractivity contribution in [1.82, 2.24) is 20.5 Å². The molecule has 0 radical (unpaired) electrons. The first kappa shape index (κ1) is 11.7. The molecular formula is C12H13N5O2. The molecule has 1 aromatic carbocycles. The summed E-state index contributed by atoms with van der Waals surface area (Å²) < 4.78 is 10.9. The van der Waals surface area contributed by atoms with Crippen molar-refractivity contribution in [3.63, 3.8) is 0 Å². The molecule has 98 valence electrons. The summed E-state index contributed by atoms with van der Waals surface area (Å²) in [5.41, 5.74) is 2.63. The minimum atomic E-state index is 0.258. The molecule has 0 bridgehead atoms. The zero-order valence-electron chi connectivity index (χ0n) is 10.6. The van der Waals surface area contributed by atoms with Gasteiger partial charge in [0.1, 0.15) is 5.52 Å². The highest BCUT2D eigenvalue weighted by Gasteiger charge is 2.10. The fourth-order valence-corrected chi connectivity index (χ4v) is 1.71. The lowest BCUT2D eigenvalue weighted by Crippen LogP contribution is -2.04. The van der Waals surface area contributed by atoms with Crippen molar-refractivity contribution in [1.29, 1.82) is 0 Å². The Balaban J connectivity index is 1.83. The summed E-state index contributed by atoms with van der Waals surface area (Å²) in [6.45, 7) is 2.52. The van der Waals surface area contributed by atoms with Gasteiger partial charge in [0.05, 0.1) is 6.54 Å². The summed E-state index contributed by atoms with van der Waals surface area (Å²) in [5, 5.41) is 13.5. The third-order valence-electron chi connectivity index (χ3n) is 2.55. The van der Waals surface area contributed by atoms with Crippen LogP contribution in [0.1, 0.15) is 11.5 Å². The second-order valence-corrected chi connectivity index (χ2v) is 4.15. The van der Waals surface area contributed by atoms with E-state index in [4.69, 9.17) is 8.83 Å². The fraction of sp³-hybridized carbons (Fsp3) is 0.250. The summed E-state index contributed by atoms with van der Waals surface area (Å²) in [5.74, 6) is 0.497. The number of oxazole rings is 1. The first-order chi connectivity index (χ1) is 9.24. The van der Waals surface area contributed by atoms with Gasteiger partial charge in [-0.1, -0.05) is 11.2 Å². The van der Waals surface area contributed by atoms with Gasteiger partial charge in [-0.2, -0.15) is 4.98 Å². The number of rotatable bonds is 4. The lowest BCUT2D eigenvalue weighted by molar-refractivity contribution is 0.489. The van der Waals surface area contributed by atoms with Crippen LogP contribution in [0.5, 0.6) is 0 Å². The van der Waals surface area contributed by atoms with Gasteiger partial charge in [0.15, 0.2) is 5.58 Å². The van der Waals surface area contributed by atoms with E-state index in [1.807, 2.05) is 25.1 Å². The minimum Gasteiger partial charge on any atom is -0.423 e. The van der Waals surface area contributed by atoms with E-state index in [0.717, 1.165) is 11.1 Å². The van der Waals surface area contributed by atoms with Gasteiger partial charge >= 0.3 is 12.0 Å². The largest absolute Gasteiger partial charge is 0.423 e. The highest BCUT2D eigenvalue weighted by atomic mass is 16.4. The number of anilines is 2. The molecule has 0 aliphatic rings. The van der Waals surface area contributed by atoms with E-state index in [0.29, 0.717) is 24.0 Å². The van der Waals surface area contributed by atoms with Gasteiger partial charge in [-0.3, -0.25) is 5.32 Å². The van der Waals surface area contributed by atoms with Gasteiger partial charge in [0.25, 0.3) is 0 Å². The quantitative estimate of drug-likeness (QED) is 0.740. The number of benzene rings is 1. The molecule has 3 rings (SSSR count). The van der Waals surface area contributed by atoms with Crippen LogP contribution in [0.15, 0.2) is 27.0 Å². The molecule has 0 spiro atoms. The number of hydrogen-bond donors (Lipinski definition) is 2. The van der Waals surface area contributed by atoms with Crippen molar-refractivity contribution in [3.05, 3.63) is 29.7 Å². The van der Waals surface area contributed by atoms with E-state index in [2.05, 4.69) is 25.8 Å². The lowest BCUT2D eigenvalue weighted by atomic mass is 10.2. The van der Waals surface area contributed by atoms with Crippen molar-refractivity contribution in [2.24, 2.45) is 0 Å². The van der Waals surface area contributed by atoms with Crippen LogP contribution >= 0.6 is 0 Å². The van der Waals surface area contributed by atoms with Crippen molar-refractivity contribution in [2.45, 2.75) is 13.5 Å². The van der Waals surface area contributed by atoms with Crippen LogP contribution in [0.3, 0.4) is 0 Å². The van der Waals surface area contributed by atoms with Gasteiger partial charge in [0.2, 0.25) is 5.89 Å². The van der Waals surface area contributed by atoms with Crippen molar-refractivity contribution in [3.8, 4) is 0 Å². The summed E-state index contributed by atoms with van der Waals surface area (Å²) in [4.78, 5) is 4.30. The Hall–Kier alpha value is -2.41. The zero-order chi connectivity index (χ0) is 13.2. The maximum atomic E-state index is 5.53. The van der Waals surface area contributed by atoms with Crippen molar-refractivity contribution >= 4 is 23.1 Å². The molecular weight excluding hydrogens is 246 g/mol. The van der Waals surface area contributed by atoms with Gasteiger partial charge in [-0.05, 0) is 31.7 Å². The van der Waals surface area contributed by atoms with E-state index < -0.39 is 0 Å². The SMILES string of the molecule is CNCc1nnc(Nc2nc3cc(C)ccc3o2)o1. The van der Waals surface area contributed by atoms with Gasteiger partial charge in [0, 0.05) is 0 Å². The van der Waals surface area contributed by atoms with E-state index >= 15 is 0 Å².